The second kappa shape index (κ2) is 12.9. The van der Waals surface area contributed by atoms with Gasteiger partial charge in [-0.3, -0.25) is 9.89 Å². The highest BCUT2D eigenvalue weighted by Crippen LogP contribution is 2.32. The lowest BCUT2D eigenvalue weighted by molar-refractivity contribution is -0.135. The molecule has 2 aliphatic heterocycles. The molecule has 10 heteroatoms. The van der Waals surface area contributed by atoms with E-state index >= 15 is 0 Å². The minimum Gasteiger partial charge on any atom is -0.473 e. The molecule has 40 heavy (non-hydrogen) atoms. The number of amidine groups is 1. The predicted molar refractivity (Wildman–Crippen MR) is 151 cm³/mol. The van der Waals surface area contributed by atoms with E-state index < -0.39 is 0 Å². The molecule has 1 saturated heterocycles. The van der Waals surface area contributed by atoms with E-state index in [4.69, 9.17) is 35.8 Å². The molecule has 3 heterocycles. The van der Waals surface area contributed by atoms with Crippen LogP contribution in [-0.4, -0.2) is 79.6 Å². The Morgan fingerprint density at radius 1 is 1.18 bits per heavy atom. The molecule has 3 aliphatic rings. The van der Waals surface area contributed by atoms with Crippen LogP contribution in [0.1, 0.15) is 36.4 Å². The zero-order valence-electron chi connectivity index (χ0n) is 22.8. The maximum atomic E-state index is 14.1. The fourth-order valence-electron chi connectivity index (χ4n) is 5.39. The molecular formula is C30H34ClFN4O4. The molecule has 8 nitrogen and oxygen atoms in total. The monoisotopic (exact) mass is 568 g/mol. The van der Waals surface area contributed by atoms with Crippen molar-refractivity contribution >= 4 is 23.4 Å². The lowest BCUT2D eigenvalue weighted by Crippen LogP contribution is -2.42. The molecule has 5 rings (SSSR count). The van der Waals surface area contributed by atoms with E-state index in [0.29, 0.717) is 47.5 Å². The summed E-state index contributed by atoms with van der Waals surface area (Å²) in [5.41, 5.74) is 3.04. The number of rotatable bonds is 10. The summed E-state index contributed by atoms with van der Waals surface area (Å²) in [6.07, 6.45) is 6.42. The molecule has 1 aromatic heterocycles. The smallest absolute Gasteiger partial charge is 0.337 e. The molecule has 1 aliphatic carbocycles. The van der Waals surface area contributed by atoms with Gasteiger partial charge in [-0.15, -0.1) is 0 Å². The molecule has 1 aromatic carbocycles. The van der Waals surface area contributed by atoms with Gasteiger partial charge in [-0.2, -0.15) is 0 Å². The number of nitrogens with zero attached hydrogens (tertiary/aromatic N) is 4. The van der Waals surface area contributed by atoms with Crippen LogP contribution in [0.15, 0.2) is 64.8 Å². The zero-order valence-corrected chi connectivity index (χ0v) is 23.6. The van der Waals surface area contributed by atoms with Gasteiger partial charge in [0.05, 0.1) is 31.9 Å². The first-order valence-corrected chi connectivity index (χ1v) is 13.9. The van der Waals surface area contributed by atoms with Gasteiger partial charge in [-0.1, -0.05) is 29.8 Å². The van der Waals surface area contributed by atoms with Gasteiger partial charge in [0.2, 0.25) is 5.88 Å². The molecule has 0 bridgehead atoms. The molecule has 1 unspecified atom stereocenters. The van der Waals surface area contributed by atoms with Crippen molar-refractivity contribution in [2.45, 2.75) is 37.8 Å². The third kappa shape index (κ3) is 6.54. The quantitative estimate of drug-likeness (QED) is 0.383. The summed E-state index contributed by atoms with van der Waals surface area (Å²) < 4.78 is 30.2. The van der Waals surface area contributed by atoms with E-state index in [1.807, 2.05) is 24.3 Å². The van der Waals surface area contributed by atoms with Crippen molar-refractivity contribution in [3.8, 4) is 5.88 Å². The SMILES string of the molecule is COCCN1C2=CC(C(=O)OC)=CCC2N=C1CN1CCC(c2cccc(OCc3ccc(Cl)cc3F)n2)CC1. The number of carbonyl (C=O) groups excluding carboxylic acids is 1. The molecule has 0 radical (unpaired) electrons. The molecule has 0 saturated carbocycles. The topological polar surface area (TPSA) is 76.5 Å². The van der Waals surface area contributed by atoms with E-state index in [2.05, 4.69) is 9.80 Å². The van der Waals surface area contributed by atoms with Crippen LogP contribution >= 0.6 is 11.6 Å². The second-order valence-corrected chi connectivity index (χ2v) is 10.6. The Morgan fingerprint density at radius 3 is 2.75 bits per heavy atom. The lowest BCUT2D eigenvalue weighted by Gasteiger charge is -2.33. The zero-order chi connectivity index (χ0) is 28.1. The van der Waals surface area contributed by atoms with Crippen LogP contribution in [0.3, 0.4) is 0 Å². The number of esters is 1. The van der Waals surface area contributed by atoms with Gasteiger partial charge in [-0.05, 0) is 56.6 Å². The summed E-state index contributed by atoms with van der Waals surface area (Å²) in [6.45, 7) is 3.91. The summed E-state index contributed by atoms with van der Waals surface area (Å²) in [5, 5.41) is 0.357. The number of carbonyl (C=O) groups is 1. The number of piperidine rings is 1. The molecule has 2 aromatic rings. The van der Waals surface area contributed by atoms with Gasteiger partial charge >= 0.3 is 5.97 Å². The van der Waals surface area contributed by atoms with Crippen molar-refractivity contribution in [2.24, 2.45) is 4.99 Å². The Bertz CT molecular complexity index is 1320. The summed E-state index contributed by atoms with van der Waals surface area (Å²) in [6, 6.07) is 10.4. The van der Waals surface area contributed by atoms with Crippen molar-refractivity contribution in [3.05, 3.63) is 81.9 Å². The Morgan fingerprint density at radius 2 is 2.00 bits per heavy atom. The van der Waals surface area contributed by atoms with Crippen LogP contribution in [-0.2, 0) is 20.9 Å². The number of hydrogen-bond acceptors (Lipinski definition) is 8. The van der Waals surface area contributed by atoms with E-state index in [1.165, 1.54) is 13.2 Å². The van der Waals surface area contributed by atoms with Gasteiger partial charge < -0.3 is 19.1 Å². The number of aliphatic imine (C=N–C) groups is 1. The normalized spacial score (nSPS) is 19.6. The maximum Gasteiger partial charge on any atom is 0.337 e. The van der Waals surface area contributed by atoms with Gasteiger partial charge in [0.25, 0.3) is 0 Å². The highest BCUT2D eigenvalue weighted by molar-refractivity contribution is 6.30. The van der Waals surface area contributed by atoms with Gasteiger partial charge in [-0.25, -0.2) is 14.2 Å². The highest BCUT2D eigenvalue weighted by atomic mass is 35.5. The van der Waals surface area contributed by atoms with Gasteiger partial charge in [0.1, 0.15) is 18.3 Å². The summed E-state index contributed by atoms with van der Waals surface area (Å²) in [5.74, 6) is 1.10. The number of pyridine rings is 1. The first-order valence-electron chi connectivity index (χ1n) is 13.5. The van der Waals surface area contributed by atoms with E-state index in [-0.39, 0.29) is 24.4 Å². The van der Waals surface area contributed by atoms with Crippen LogP contribution in [0.25, 0.3) is 0 Å². The minimum atomic E-state index is -0.389. The molecule has 0 amide bonds. The number of benzene rings is 1. The van der Waals surface area contributed by atoms with Gasteiger partial charge in [0.15, 0.2) is 0 Å². The van der Waals surface area contributed by atoms with Crippen molar-refractivity contribution in [3.63, 3.8) is 0 Å². The van der Waals surface area contributed by atoms with Crippen molar-refractivity contribution in [1.29, 1.82) is 0 Å². The van der Waals surface area contributed by atoms with E-state index in [1.54, 1.807) is 25.3 Å². The average molecular weight is 569 g/mol. The Hall–Kier alpha value is -3.27. The molecular weight excluding hydrogens is 535 g/mol. The third-order valence-corrected chi connectivity index (χ3v) is 7.82. The van der Waals surface area contributed by atoms with Crippen LogP contribution in [0.2, 0.25) is 5.02 Å². The highest BCUT2D eigenvalue weighted by Gasteiger charge is 2.34. The number of likely N-dealkylation sites (tertiary alicyclic amines) is 1. The molecule has 212 valence electrons. The number of fused-ring (bicyclic) bond motifs is 1. The summed E-state index contributed by atoms with van der Waals surface area (Å²) in [4.78, 5) is 26.5. The molecule has 1 atom stereocenters. The van der Waals surface area contributed by atoms with Crippen LogP contribution in [0.4, 0.5) is 4.39 Å². The Balaban J connectivity index is 1.18. The van der Waals surface area contributed by atoms with E-state index in [0.717, 1.165) is 49.7 Å². The number of hydrogen-bond donors (Lipinski definition) is 0. The van der Waals surface area contributed by atoms with Crippen LogP contribution < -0.4 is 4.74 Å². The Kier molecular flexibility index (Phi) is 9.14. The fourth-order valence-corrected chi connectivity index (χ4v) is 5.55. The number of halogens is 2. The molecule has 0 N–H and O–H groups in total. The standard InChI is InChI=1S/C30H34ClFN4O4/c1-38-15-14-36-27-16-21(30(37)39-2)7-9-26(27)33-28(36)18-35-12-10-20(11-13-35)25-4-3-5-29(34-25)40-19-22-6-8-23(31)17-24(22)32/h3-8,16-17,20,26H,9-15,18-19H2,1-2H3. The van der Waals surface area contributed by atoms with E-state index in [9.17, 15) is 9.18 Å². The number of ether oxygens (including phenoxy) is 3. The first kappa shape index (κ1) is 28.3. The van der Waals surface area contributed by atoms with Gasteiger partial charge in [0, 0.05) is 47.6 Å². The van der Waals surface area contributed by atoms with Crippen molar-refractivity contribution in [2.75, 3.05) is 47.0 Å². The fraction of sp³-hybridized carbons (Fsp3) is 0.433. The largest absolute Gasteiger partial charge is 0.473 e. The maximum absolute atomic E-state index is 14.1. The minimum absolute atomic E-state index is 0.0195. The summed E-state index contributed by atoms with van der Waals surface area (Å²) in [7, 11) is 3.09. The third-order valence-electron chi connectivity index (χ3n) is 7.58. The number of methoxy groups -OCH3 is 2. The lowest BCUT2D eigenvalue weighted by atomic mass is 9.93. The average Bonchev–Trinajstić information content (AvgIpc) is 3.31. The molecule has 0 spiro atoms. The number of aromatic nitrogens is 1. The predicted octanol–water partition coefficient (Wildman–Crippen LogP) is 4.75. The van der Waals surface area contributed by atoms with Crippen molar-refractivity contribution in [1.82, 2.24) is 14.8 Å². The van der Waals surface area contributed by atoms with Crippen LogP contribution in [0.5, 0.6) is 5.88 Å². The molecule has 1 fully saturated rings. The first-order chi connectivity index (χ1) is 19.4. The van der Waals surface area contributed by atoms with Crippen molar-refractivity contribution < 1.29 is 23.4 Å². The summed E-state index contributed by atoms with van der Waals surface area (Å²) >= 11 is 5.84. The van der Waals surface area contributed by atoms with Crippen LogP contribution in [0, 0.1) is 5.82 Å². The Labute approximate surface area is 239 Å². The second-order valence-electron chi connectivity index (χ2n) is 10.1.